The second-order valence-corrected chi connectivity index (χ2v) is 6.97. The molecule has 4 atom stereocenters. The number of aromatic hydroxyl groups is 1. The molecule has 5 heteroatoms. The van der Waals surface area contributed by atoms with Gasteiger partial charge in [0.2, 0.25) is 0 Å². The lowest BCUT2D eigenvalue weighted by Gasteiger charge is -2.32. The van der Waals surface area contributed by atoms with Crippen LogP contribution in [0.3, 0.4) is 0 Å². The normalized spacial score (nSPS) is 29.7. The largest absolute Gasteiger partial charge is 0.508 e. The average molecular weight is 354 g/mol. The monoisotopic (exact) mass is 353 g/mol. The maximum atomic E-state index is 11.4. The zero-order valence-electron chi connectivity index (χ0n) is 12.0. The first kappa shape index (κ1) is 14.9. The number of rotatable bonds is 4. The van der Waals surface area contributed by atoms with Gasteiger partial charge in [0, 0.05) is 28.2 Å². The molecule has 3 rings (SSSR count). The van der Waals surface area contributed by atoms with Crippen LogP contribution in [0.25, 0.3) is 0 Å². The summed E-state index contributed by atoms with van der Waals surface area (Å²) >= 11 is 3.46. The van der Waals surface area contributed by atoms with Gasteiger partial charge in [-0.05, 0) is 43.9 Å². The number of benzene rings is 1. The molecular formula is C16H20BrNO3. The Morgan fingerprint density at radius 3 is 2.86 bits per heavy atom. The molecule has 2 saturated heterocycles. The minimum atomic E-state index is -0.680. The van der Waals surface area contributed by atoms with E-state index in [1.807, 2.05) is 12.1 Å². The van der Waals surface area contributed by atoms with E-state index in [2.05, 4.69) is 27.8 Å². The number of carbonyl (C=O) groups is 1. The van der Waals surface area contributed by atoms with Gasteiger partial charge in [-0.3, -0.25) is 9.69 Å². The molecule has 4 unspecified atom stereocenters. The Bertz CT molecular complexity index is 562. The Labute approximate surface area is 132 Å². The number of fused-ring (bicyclic) bond motifs is 2. The van der Waals surface area contributed by atoms with E-state index in [0.29, 0.717) is 11.8 Å². The lowest BCUT2D eigenvalue weighted by atomic mass is 9.89. The van der Waals surface area contributed by atoms with Crippen molar-refractivity contribution in [3.8, 4) is 5.75 Å². The van der Waals surface area contributed by atoms with Crippen molar-refractivity contribution >= 4 is 21.9 Å². The predicted octanol–water partition coefficient (Wildman–Crippen LogP) is 3.54. The third-order valence-corrected chi connectivity index (χ3v) is 5.50. The first-order valence-corrected chi connectivity index (χ1v) is 8.30. The Kier molecular flexibility index (Phi) is 3.97. The minimum absolute atomic E-state index is 0.0874. The summed E-state index contributed by atoms with van der Waals surface area (Å²) < 4.78 is 0.940. The van der Waals surface area contributed by atoms with Gasteiger partial charge in [-0.25, -0.2) is 0 Å². The van der Waals surface area contributed by atoms with Gasteiger partial charge in [0.25, 0.3) is 0 Å². The lowest BCUT2D eigenvalue weighted by Crippen LogP contribution is -2.36. The molecule has 0 amide bonds. The van der Waals surface area contributed by atoms with Crippen LogP contribution >= 0.6 is 15.9 Å². The van der Waals surface area contributed by atoms with E-state index in [1.54, 1.807) is 6.07 Å². The molecule has 0 radical (unpaired) electrons. The third-order valence-electron chi connectivity index (χ3n) is 5.00. The fourth-order valence-electron chi connectivity index (χ4n) is 4.17. The highest BCUT2D eigenvalue weighted by Gasteiger charge is 2.51. The predicted molar refractivity (Wildman–Crippen MR) is 83.2 cm³/mol. The molecule has 1 aromatic rings. The van der Waals surface area contributed by atoms with E-state index in [-0.39, 0.29) is 18.0 Å². The smallest absolute Gasteiger partial charge is 0.308 e. The summed E-state index contributed by atoms with van der Waals surface area (Å²) in [6.45, 7) is 2.10. The fraction of sp³-hybridized carbons (Fsp3) is 0.562. The molecular weight excluding hydrogens is 334 g/mol. The lowest BCUT2D eigenvalue weighted by molar-refractivity contribution is -0.142. The molecule has 4 nitrogen and oxygen atoms in total. The first-order chi connectivity index (χ1) is 10.0. The molecule has 2 N–H and O–H groups in total. The van der Waals surface area contributed by atoms with E-state index in [9.17, 15) is 15.0 Å². The number of phenolic OH excluding ortho intramolecular Hbond substituents is 1. The summed E-state index contributed by atoms with van der Waals surface area (Å²) in [5.41, 5.74) is 0.898. The zero-order chi connectivity index (χ0) is 15.1. The standard InChI is InChI=1S/C16H20BrNO3/c1-2-13(11-7-9(17)3-6-15(11)19)18-10-4-5-14(18)12(8-10)16(20)21/h3,6-7,10,12-14,19H,2,4-5,8H2,1H3,(H,20,21). The van der Waals surface area contributed by atoms with Crippen LogP contribution in [-0.2, 0) is 4.79 Å². The van der Waals surface area contributed by atoms with Crippen molar-refractivity contribution in [2.75, 3.05) is 0 Å². The Balaban J connectivity index is 1.94. The Morgan fingerprint density at radius 1 is 1.48 bits per heavy atom. The molecule has 114 valence electrons. The molecule has 0 saturated carbocycles. The van der Waals surface area contributed by atoms with Crippen molar-refractivity contribution in [1.82, 2.24) is 4.90 Å². The number of nitrogens with zero attached hydrogens (tertiary/aromatic N) is 1. The summed E-state index contributed by atoms with van der Waals surface area (Å²) in [6, 6.07) is 6.01. The van der Waals surface area contributed by atoms with Crippen LogP contribution in [0.2, 0.25) is 0 Å². The van der Waals surface area contributed by atoms with Gasteiger partial charge in [-0.1, -0.05) is 22.9 Å². The van der Waals surface area contributed by atoms with Crippen molar-refractivity contribution in [2.45, 2.75) is 50.7 Å². The van der Waals surface area contributed by atoms with E-state index in [0.717, 1.165) is 35.7 Å². The summed E-state index contributed by atoms with van der Waals surface area (Å²) in [4.78, 5) is 13.8. The van der Waals surface area contributed by atoms with Crippen LogP contribution in [0.4, 0.5) is 0 Å². The third kappa shape index (κ3) is 2.46. The maximum Gasteiger partial charge on any atom is 0.308 e. The molecule has 2 bridgehead atoms. The number of hydrogen-bond acceptors (Lipinski definition) is 3. The number of phenols is 1. The molecule has 0 aliphatic carbocycles. The van der Waals surface area contributed by atoms with Gasteiger partial charge in [0.15, 0.2) is 0 Å². The van der Waals surface area contributed by atoms with Crippen molar-refractivity contribution in [2.24, 2.45) is 5.92 Å². The quantitative estimate of drug-likeness (QED) is 0.868. The van der Waals surface area contributed by atoms with Crippen molar-refractivity contribution in [3.63, 3.8) is 0 Å². The second-order valence-electron chi connectivity index (χ2n) is 6.05. The summed E-state index contributed by atoms with van der Waals surface area (Å²) in [5, 5.41) is 19.6. The van der Waals surface area contributed by atoms with Crippen LogP contribution in [0.1, 0.15) is 44.2 Å². The minimum Gasteiger partial charge on any atom is -0.508 e. The van der Waals surface area contributed by atoms with Crippen LogP contribution in [0.15, 0.2) is 22.7 Å². The fourth-order valence-corrected chi connectivity index (χ4v) is 4.54. The molecule has 2 aliphatic heterocycles. The van der Waals surface area contributed by atoms with E-state index in [4.69, 9.17) is 0 Å². The highest BCUT2D eigenvalue weighted by Crippen LogP contribution is 2.48. The maximum absolute atomic E-state index is 11.4. The van der Waals surface area contributed by atoms with Gasteiger partial charge in [0.1, 0.15) is 5.75 Å². The van der Waals surface area contributed by atoms with Crippen molar-refractivity contribution in [1.29, 1.82) is 0 Å². The first-order valence-electron chi connectivity index (χ1n) is 7.51. The summed E-state index contributed by atoms with van der Waals surface area (Å²) in [6.07, 6.45) is 3.63. The van der Waals surface area contributed by atoms with Gasteiger partial charge >= 0.3 is 5.97 Å². The van der Waals surface area contributed by atoms with Crippen LogP contribution in [0, 0.1) is 5.92 Å². The highest BCUT2D eigenvalue weighted by molar-refractivity contribution is 9.10. The van der Waals surface area contributed by atoms with E-state index >= 15 is 0 Å². The van der Waals surface area contributed by atoms with Crippen molar-refractivity contribution in [3.05, 3.63) is 28.2 Å². The van der Waals surface area contributed by atoms with Gasteiger partial charge in [-0.15, -0.1) is 0 Å². The Morgan fingerprint density at radius 2 is 2.24 bits per heavy atom. The van der Waals surface area contributed by atoms with Crippen molar-refractivity contribution < 1.29 is 15.0 Å². The van der Waals surface area contributed by atoms with Crippen LogP contribution in [-0.4, -0.2) is 33.2 Å². The number of carboxylic acids is 1. The summed E-state index contributed by atoms with van der Waals surface area (Å²) in [5.74, 6) is -0.643. The topological polar surface area (TPSA) is 60.8 Å². The number of hydrogen-bond donors (Lipinski definition) is 2. The molecule has 2 fully saturated rings. The average Bonchev–Trinajstić information content (AvgIpc) is 3.01. The second kappa shape index (κ2) is 5.61. The SMILES string of the molecule is CCC(c1cc(Br)ccc1O)N1C2CCC1C(C(=O)O)C2. The molecule has 21 heavy (non-hydrogen) atoms. The molecule has 2 heterocycles. The zero-order valence-corrected chi connectivity index (χ0v) is 13.6. The number of halogens is 1. The molecule has 0 spiro atoms. The van der Waals surface area contributed by atoms with Crippen LogP contribution in [0.5, 0.6) is 5.75 Å². The molecule has 2 aliphatic rings. The molecule has 0 aromatic heterocycles. The van der Waals surface area contributed by atoms with Gasteiger partial charge < -0.3 is 10.2 Å². The number of aliphatic carboxylic acids is 1. The van der Waals surface area contributed by atoms with Crippen LogP contribution < -0.4 is 0 Å². The highest BCUT2D eigenvalue weighted by atomic mass is 79.9. The number of carboxylic acid groups (broad SMARTS) is 1. The Hall–Kier alpha value is -1.07. The van der Waals surface area contributed by atoms with Gasteiger partial charge in [0.05, 0.1) is 5.92 Å². The van der Waals surface area contributed by atoms with E-state index in [1.165, 1.54) is 0 Å². The molecule has 1 aromatic carbocycles. The summed E-state index contributed by atoms with van der Waals surface area (Å²) in [7, 11) is 0. The van der Waals surface area contributed by atoms with E-state index < -0.39 is 5.97 Å². The van der Waals surface area contributed by atoms with Gasteiger partial charge in [-0.2, -0.15) is 0 Å².